The largest absolute Gasteiger partial charge is 0.473 e. The Morgan fingerprint density at radius 2 is 1.27 bits per heavy atom. The molecule has 0 radical (unpaired) electrons. The number of phosphoric acid groups is 1. The number of nitrogens with zero attached hydrogens (tertiary/aromatic N) is 4. The van der Waals surface area contributed by atoms with Crippen molar-refractivity contribution >= 4 is 110 Å². The summed E-state index contributed by atoms with van der Waals surface area (Å²) in [6, 6.07) is 3.43. The number of amides is 14. The number of ether oxygens (including phenoxy) is 8. The van der Waals surface area contributed by atoms with Crippen LogP contribution in [0.2, 0.25) is 0 Å². The van der Waals surface area contributed by atoms with Gasteiger partial charge in [-0.2, -0.15) is 0 Å². The Morgan fingerprint density at radius 3 is 1.81 bits per heavy atom. The van der Waals surface area contributed by atoms with Crippen molar-refractivity contribution in [2.24, 2.45) is 41.2 Å². The van der Waals surface area contributed by atoms with E-state index in [1.54, 1.807) is 61.0 Å². The normalized spacial score (nSPS) is 19.6. The van der Waals surface area contributed by atoms with Crippen molar-refractivity contribution in [1.29, 1.82) is 0 Å². The van der Waals surface area contributed by atoms with Gasteiger partial charge in [-0.25, -0.2) is 14.2 Å². The summed E-state index contributed by atoms with van der Waals surface area (Å²) in [5.74, 6) is -13.4. The van der Waals surface area contributed by atoms with E-state index in [0.717, 1.165) is 4.90 Å². The number of likely N-dealkylation sites (tertiary alicyclic amines) is 2. The highest BCUT2D eigenvalue weighted by molar-refractivity contribution is 7.51. The van der Waals surface area contributed by atoms with E-state index in [4.69, 9.17) is 62.5 Å². The van der Waals surface area contributed by atoms with Gasteiger partial charge in [0.1, 0.15) is 55.1 Å². The fraction of sp³-hybridized carbons (Fsp3) is 0.700. The molecule has 2 aromatic rings. The Balaban J connectivity index is 1.17. The van der Waals surface area contributed by atoms with Crippen molar-refractivity contribution in [3.63, 3.8) is 0 Å². The number of nitrogens with two attached hydrogens (primary N) is 1. The van der Waals surface area contributed by atoms with Crippen LogP contribution in [0.3, 0.4) is 0 Å². The molecular formula is C90H146N14O33P2. The second-order valence-electron chi connectivity index (χ2n) is 35.9. The van der Waals surface area contributed by atoms with Crippen LogP contribution in [0.4, 0.5) is 10.5 Å². The molecule has 6 unspecified atom stereocenters. The lowest BCUT2D eigenvalue weighted by Gasteiger charge is -2.41. The minimum Gasteiger partial charge on any atom is -0.463 e. The van der Waals surface area contributed by atoms with E-state index in [0.29, 0.717) is 36.9 Å². The van der Waals surface area contributed by atoms with E-state index in [1.165, 1.54) is 59.3 Å². The average Bonchev–Trinajstić information content (AvgIpc) is 1.59. The highest BCUT2D eigenvalue weighted by atomic mass is 31.2. The fourth-order valence-corrected chi connectivity index (χ4v) is 17.6. The average molecular weight is 2010 g/mol. The number of hydrogen-bond donors (Lipinski definition) is 16. The number of carbonyl (C=O) groups is 15. The summed E-state index contributed by atoms with van der Waals surface area (Å²) in [6.45, 7) is 17.6. The number of urea groups is 1. The van der Waals surface area contributed by atoms with Gasteiger partial charge >= 0.3 is 33.4 Å². The predicted octanol–water partition coefficient (Wildman–Crippen LogP) is -0.327. The van der Waals surface area contributed by atoms with E-state index in [9.17, 15) is 101 Å². The van der Waals surface area contributed by atoms with Gasteiger partial charge < -0.3 is 131 Å². The van der Waals surface area contributed by atoms with Gasteiger partial charge in [0.25, 0.3) is 0 Å². The fourth-order valence-electron chi connectivity index (χ4n) is 16.2. The number of cyclic esters (lactones) is 1. The lowest BCUT2D eigenvalue weighted by molar-refractivity contribution is -0.157. The van der Waals surface area contributed by atoms with E-state index in [1.807, 2.05) is 60.5 Å². The van der Waals surface area contributed by atoms with Gasteiger partial charge in [-0.1, -0.05) is 118 Å². The summed E-state index contributed by atoms with van der Waals surface area (Å²) in [7, 11) is -1.33. The molecule has 0 bridgehead atoms. The Labute approximate surface area is 810 Å². The van der Waals surface area contributed by atoms with Gasteiger partial charge in [-0.3, -0.25) is 85.7 Å². The van der Waals surface area contributed by atoms with Crippen LogP contribution in [0, 0.1) is 35.5 Å². The molecular weight excluding hydrogens is 1870 g/mol. The topological polar surface area (TPSA) is 651 Å². The molecule has 3 aliphatic rings. The molecule has 3 heterocycles. The number of anilines is 1. The smallest absolute Gasteiger partial charge is 0.463 e. The van der Waals surface area contributed by atoms with Crippen LogP contribution >= 0.6 is 15.4 Å². The number of hydrogen-bond acceptors (Lipinski definition) is 31. The van der Waals surface area contributed by atoms with Gasteiger partial charge in [0, 0.05) is 78.3 Å². The highest BCUT2D eigenvalue weighted by Gasteiger charge is 2.49. The van der Waals surface area contributed by atoms with Gasteiger partial charge in [0.15, 0.2) is 12.2 Å². The number of imide groups is 1. The maximum Gasteiger partial charge on any atom is 0.473 e. The molecule has 3 aliphatic heterocycles. The molecule has 784 valence electrons. The van der Waals surface area contributed by atoms with Crippen molar-refractivity contribution < 1.29 is 158 Å². The predicted molar refractivity (Wildman–Crippen MR) is 499 cm³/mol. The summed E-state index contributed by atoms with van der Waals surface area (Å²) < 4.78 is 80.9. The van der Waals surface area contributed by atoms with Crippen LogP contribution in [0.1, 0.15) is 158 Å². The van der Waals surface area contributed by atoms with Crippen LogP contribution < -0.4 is 53.6 Å². The van der Waals surface area contributed by atoms with Gasteiger partial charge in [-0.15, -0.1) is 0 Å². The van der Waals surface area contributed by atoms with E-state index >= 15 is 0 Å². The third-order valence-corrected chi connectivity index (χ3v) is 25.6. The van der Waals surface area contributed by atoms with Crippen LogP contribution in [-0.2, 0) is 130 Å². The molecule has 2 aromatic carbocycles. The molecule has 3 fully saturated rings. The molecule has 47 nitrogen and oxygen atoms in total. The molecule has 0 aromatic heterocycles. The van der Waals surface area contributed by atoms with Crippen LogP contribution in [0.5, 0.6) is 0 Å². The Kier molecular flexibility index (Phi) is 51.1. The minimum atomic E-state index is -5.05. The first-order valence-electron chi connectivity index (χ1n) is 46.6. The third kappa shape index (κ3) is 39.3. The van der Waals surface area contributed by atoms with Crippen molar-refractivity contribution in [2.75, 3.05) is 132 Å². The number of benzene rings is 2. The van der Waals surface area contributed by atoms with Crippen LogP contribution in [0.15, 0.2) is 54.6 Å². The molecule has 0 saturated carbocycles. The molecule has 5 rings (SSSR count). The monoisotopic (exact) mass is 2010 g/mol. The molecule has 20 atom stereocenters. The van der Waals surface area contributed by atoms with Gasteiger partial charge in [-0.05, 0) is 93.6 Å². The van der Waals surface area contributed by atoms with Crippen LogP contribution in [0.25, 0.3) is 0 Å². The van der Waals surface area contributed by atoms with Crippen molar-refractivity contribution in [1.82, 2.24) is 62.1 Å². The number of nitrogens with one attached hydrogen (secondary N) is 9. The first-order chi connectivity index (χ1) is 65.5. The number of phosphoric ester groups is 1. The first-order valence-corrected chi connectivity index (χ1v) is 49.9. The minimum absolute atomic E-state index is 0.0181. The van der Waals surface area contributed by atoms with Crippen molar-refractivity contribution in [3.05, 3.63) is 65.7 Å². The number of esters is 2. The van der Waals surface area contributed by atoms with Crippen LogP contribution in [-0.4, -0.2) is 357 Å². The lowest BCUT2D eigenvalue weighted by atomic mass is 9.89. The number of methoxy groups -OCH3 is 2. The number of primary amides is 1. The van der Waals surface area contributed by atoms with E-state index < -0.39 is 247 Å². The molecule has 17 N–H and O–H groups in total. The standard InChI is InChI=1S/C90H146N14O33P2/c1-17-54(8)75(102(14)88(120)73(52(4)5)100-86(118)74(53(6)7)101(12)13)66(128-15)47-69(108)103-35-22-26-63(103)78(129-16)56(10)81(113)95-57(11)79(59-23-19-18-20-24-59)137-139(126,127)135-49-58-27-29-60(30-28-58)96-82(114)61(25-21-33-93-90(91)122)98-85(117)72(51(2)3)99-83(115)62(46-71(110)134-50-65(105)80-76(111)77(112)89(121)136-80)97-68(107)31-36-130-38-40-132-42-43-133-41-39-131-37-34-92-84(116)64(104-70(109)45-55(9)87(104)119)48-94-67(106)32-44-138(123,124)125/h18-20,23-24,27-30,51-57,61-66,72-80,105,111-112H,17,21-22,25-26,31-50H2,1-16H3,(H,92,116)(H,94,106)(H,95,113)(H,96,114)(H,97,107)(H,98,117)(H,99,115)(H,100,118)(H,126,127)(H3,91,93,122)(H2,123,124,125)/t54-,55?,56+,57+,61-,62-,63-,64-,65?,66+,72-,73-,74-,75-,76?,77?,78+,79+,80?/m0/s1. The molecule has 139 heavy (non-hydrogen) atoms. The maximum absolute atomic E-state index is 14.7. The zero-order valence-electron chi connectivity index (χ0n) is 82.0. The van der Waals surface area contributed by atoms with Crippen molar-refractivity contribution in [2.45, 2.75) is 244 Å². The van der Waals surface area contributed by atoms with E-state index in [2.05, 4.69) is 47.9 Å². The molecule has 0 spiro atoms. The second-order valence-corrected chi connectivity index (χ2v) is 39.1. The number of aliphatic hydroxyl groups excluding tert-OH is 3. The molecule has 49 heteroatoms. The number of aliphatic hydroxyl groups is 3. The molecule has 3 saturated heterocycles. The summed E-state index contributed by atoms with van der Waals surface area (Å²) in [4.78, 5) is 237. The van der Waals surface area contributed by atoms with Crippen molar-refractivity contribution in [3.8, 4) is 0 Å². The zero-order valence-corrected chi connectivity index (χ0v) is 83.8. The Hall–Kier alpha value is -9.65. The lowest BCUT2D eigenvalue weighted by Crippen LogP contribution is -2.59. The number of rotatable bonds is 64. The zero-order chi connectivity index (χ0) is 104. The summed E-state index contributed by atoms with van der Waals surface area (Å²) in [5.41, 5.74) is 6.13. The van der Waals surface area contributed by atoms with Gasteiger partial charge in [0.05, 0.1) is 121 Å². The van der Waals surface area contributed by atoms with E-state index in [-0.39, 0.29) is 133 Å². The maximum atomic E-state index is 14.7. The number of likely N-dealkylation sites (N-methyl/N-ethyl adjacent to an activating group) is 2. The molecule has 14 amide bonds. The number of carbonyl (C=O) groups excluding carboxylic acids is 15. The second kappa shape index (κ2) is 59.3. The van der Waals surface area contributed by atoms with Gasteiger partial charge in [0.2, 0.25) is 70.9 Å². The highest BCUT2D eigenvalue weighted by Crippen LogP contribution is 2.50. The molecule has 0 aliphatic carbocycles. The summed E-state index contributed by atoms with van der Waals surface area (Å²) in [6.07, 6.45) is -11.8. The Bertz CT molecular complexity index is 4440. The third-order valence-electron chi connectivity index (χ3n) is 23.9. The quantitative estimate of drug-likeness (QED) is 0.0175. The summed E-state index contributed by atoms with van der Waals surface area (Å²) in [5, 5.41) is 54.2. The first kappa shape index (κ1) is 120. The SMILES string of the molecule is CC[C@H](C)[C@@H]([C@@H](CC(=O)N1CCC[C@H]1[C@H](OC)[C@@H](C)C(=O)N[C@H](C)[C@@H](OP(=O)(O)OCc1ccc(NC(=O)[C@H](CCCNC(N)=O)NC(=O)[C@@H](NC(=O)[C@H](CC(=O)OCC(O)C2OC(=O)C(O)C2O)NC(=O)CCOCCOCCOCCOCCNC(=O)[C@H](CNC(=O)CCP(=O)(O)O)N2C(=O)CC(C)C2=O)C(C)C)cc1)c1ccccc1)OC)N(C)C(=O)[C@@H](NC(=O)[C@H](C(C)C)N(C)C)C(C)C. The summed E-state index contributed by atoms with van der Waals surface area (Å²) >= 11 is 0. The Morgan fingerprint density at radius 1 is 0.655 bits per heavy atom.